The van der Waals surface area contributed by atoms with Gasteiger partial charge in [0.1, 0.15) is 0 Å². The van der Waals surface area contributed by atoms with Gasteiger partial charge in [-0.3, -0.25) is 0 Å². The largest absolute Gasteiger partial charge is 0.0885 e. The number of rotatable bonds is 16. The van der Waals surface area contributed by atoms with Gasteiger partial charge in [-0.1, -0.05) is 105 Å². The van der Waals surface area contributed by atoms with Gasteiger partial charge in [-0.2, -0.15) is 0 Å². The van der Waals surface area contributed by atoms with Crippen molar-refractivity contribution in [2.24, 2.45) is 17.8 Å². The van der Waals surface area contributed by atoms with Crippen LogP contribution < -0.4 is 0 Å². The van der Waals surface area contributed by atoms with Crippen LogP contribution in [0.15, 0.2) is 12.2 Å². The van der Waals surface area contributed by atoms with Crippen LogP contribution in [-0.2, 0) is 0 Å². The van der Waals surface area contributed by atoms with Gasteiger partial charge in [-0.05, 0) is 43.4 Å². The summed E-state index contributed by atoms with van der Waals surface area (Å²) in [6, 6.07) is 0. The molecule has 0 spiro atoms. The van der Waals surface area contributed by atoms with E-state index in [9.17, 15) is 0 Å². The fourth-order valence-corrected chi connectivity index (χ4v) is 3.36. The molecular weight excluding hydrogens is 276 g/mol. The Morgan fingerprint density at radius 1 is 0.609 bits per heavy atom. The minimum absolute atomic E-state index is 0.851. The van der Waals surface area contributed by atoms with Crippen LogP contribution in [0.5, 0.6) is 0 Å². The maximum absolute atomic E-state index is 2.44. The zero-order chi connectivity index (χ0) is 17.3. The summed E-state index contributed by atoms with van der Waals surface area (Å²) in [7, 11) is 0. The second-order valence-corrected chi connectivity index (χ2v) is 8.29. The molecule has 0 aliphatic rings. The summed E-state index contributed by atoms with van der Waals surface area (Å²) >= 11 is 0. The van der Waals surface area contributed by atoms with E-state index in [1.807, 2.05) is 0 Å². The van der Waals surface area contributed by atoms with Crippen molar-refractivity contribution in [3.05, 3.63) is 12.2 Å². The molecular formula is C23H46. The second kappa shape index (κ2) is 16.6. The highest BCUT2D eigenvalue weighted by molar-refractivity contribution is 4.82. The molecule has 0 saturated heterocycles. The maximum Gasteiger partial charge on any atom is -0.0348 e. The Morgan fingerprint density at radius 2 is 1.22 bits per heavy atom. The lowest BCUT2D eigenvalue weighted by atomic mass is 9.86. The molecule has 23 heavy (non-hydrogen) atoms. The van der Waals surface area contributed by atoms with Gasteiger partial charge in [-0.25, -0.2) is 0 Å². The van der Waals surface area contributed by atoms with Crippen LogP contribution in [0, 0.1) is 17.8 Å². The Labute approximate surface area is 148 Å². The first-order chi connectivity index (χ1) is 11.1. The van der Waals surface area contributed by atoms with Gasteiger partial charge in [0, 0.05) is 0 Å². The van der Waals surface area contributed by atoms with E-state index in [4.69, 9.17) is 0 Å². The summed E-state index contributed by atoms with van der Waals surface area (Å²) in [6.07, 6.45) is 23.0. The van der Waals surface area contributed by atoms with Crippen LogP contribution in [0.3, 0.4) is 0 Å². The fraction of sp³-hybridized carbons (Fsp3) is 0.913. The van der Waals surface area contributed by atoms with Crippen molar-refractivity contribution in [3.63, 3.8) is 0 Å². The second-order valence-electron chi connectivity index (χ2n) is 8.29. The van der Waals surface area contributed by atoms with Gasteiger partial charge in [0.05, 0.1) is 0 Å². The van der Waals surface area contributed by atoms with Crippen molar-refractivity contribution >= 4 is 0 Å². The zero-order valence-corrected chi connectivity index (χ0v) is 17.1. The normalized spacial score (nSPS) is 13.5. The Morgan fingerprint density at radius 3 is 1.83 bits per heavy atom. The molecule has 0 bridgehead atoms. The lowest BCUT2D eigenvalue weighted by molar-refractivity contribution is 0.325. The summed E-state index contributed by atoms with van der Waals surface area (Å²) in [6.45, 7) is 11.8. The number of allylic oxidation sites excluding steroid dienone is 2. The molecule has 0 heteroatoms. The smallest absolute Gasteiger partial charge is 0.0348 e. The predicted octanol–water partition coefficient (Wildman–Crippen LogP) is 8.56. The summed E-state index contributed by atoms with van der Waals surface area (Å²) < 4.78 is 0. The quantitative estimate of drug-likeness (QED) is 0.197. The molecule has 138 valence electrons. The van der Waals surface area contributed by atoms with E-state index < -0.39 is 0 Å². The topological polar surface area (TPSA) is 0 Å². The third-order valence-electron chi connectivity index (χ3n) is 5.14. The van der Waals surface area contributed by atoms with Crippen LogP contribution in [0.4, 0.5) is 0 Å². The highest BCUT2D eigenvalue weighted by Gasteiger charge is 2.11. The highest BCUT2D eigenvalue weighted by Crippen LogP contribution is 2.24. The van der Waals surface area contributed by atoms with E-state index in [0.29, 0.717) is 0 Å². The van der Waals surface area contributed by atoms with E-state index in [1.165, 1.54) is 83.5 Å². The van der Waals surface area contributed by atoms with Gasteiger partial charge in [0.2, 0.25) is 0 Å². The molecule has 0 aromatic carbocycles. The summed E-state index contributed by atoms with van der Waals surface area (Å²) in [5.74, 6) is 2.67. The third kappa shape index (κ3) is 16.4. The van der Waals surface area contributed by atoms with Crippen molar-refractivity contribution in [2.75, 3.05) is 0 Å². The Bertz CT molecular complexity index is 249. The summed E-state index contributed by atoms with van der Waals surface area (Å²) in [5, 5.41) is 0. The predicted molar refractivity (Wildman–Crippen MR) is 108 cm³/mol. The SMILES string of the molecule is CCCCC/C=C/CCC(CCCCCCCC(C)C)C(C)C. The molecule has 0 rings (SSSR count). The molecule has 0 N–H and O–H groups in total. The minimum Gasteiger partial charge on any atom is -0.0885 e. The lowest BCUT2D eigenvalue weighted by Crippen LogP contribution is -2.08. The molecule has 1 unspecified atom stereocenters. The van der Waals surface area contributed by atoms with E-state index >= 15 is 0 Å². The van der Waals surface area contributed by atoms with Crippen molar-refractivity contribution in [3.8, 4) is 0 Å². The van der Waals surface area contributed by atoms with Crippen LogP contribution in [-0.4, -0.2) is 0 Å². The van der Waals surface area contributed by atoms with Crippen molar-refractivity contribution in [1.82, 2.24) is 0 Å². The summed E-state index contributed by atoms with van der Waals surface area (Å²) in [5.41, 5.74) is 0. The van der Waals surface area contributed by atoms with Crippen LogP contribution in [0.25, 0.3) is 0 Å². The third-order valence-corrected chi connectivity index (χ3v) is 5.14. The monoisotopic (exact) mass is 322 g/mol. The lowest BCUT2D eigenvalue weighted by Gasteiger charge is -2.20. The van der Waals surface area contributed by atoms with Crippen LogP contribution in [0.1, 0.15) is 118 Å². The van der Waals surface area contributed by atoms with Crippen molar-refractivity contribution in [2.45, 2.75) is 118 Å². The molecule has 0 aliphatic heterocycles. The minimum atomic E-state index is 0.851. The molecule has 0 aliphatic carbocycles. The molecule has 1 atom stereocenters. The first-order valence-corrected chi connectivity index (χ1v) is 10.7. The molecule has 0 nitrogen and oxygen atoms in total. The molecule has 0 aromatic heterocycles. The molecule has 0 saturated carbocycles. The average molecular weight is 323 g/mol. The van der Waals surface area contributed by atoms with Crippen LogP contribution >= 0.6 is 0 Å². The first kappa shape index (κ1) is 22.7. The Kier molecular flexibility index (Phi) is 16.4. The molecule has 0 fully saturated rings. The molecule has 0 amide bonds. The van der Waals surface area contributed by atoms with Crippen molar-refractivity contribution in [1.29, 1.82) is 0 Å². The number of hydrogen-bond donors (Lipinski definition) is 0. The Balaban J connectivity index is 3.62. The average Bonchev–Trinajstić information content (AvgIpc) is 2.50. The van der Waals surface area contributed by atoms with Gasteiger partial charge in [0.15, 0.2) is 0 Å². The first-order valence-electron chi connectivity index (χ1n) is 10.7. The van der Waals surface area contributed by atoms with Gasteiger partial charge < -0.3 is 0 Å². The van der Waals surface area contributed by atoms with Crippen molar-refractivity contribution < 1.29 is 0 Å². The molecule has 0 radical (unpaired) electrons. The van der Waals surface area contributed by atoms with Gasteiger partial charge in [-0.15, -0.1) is 0 Å². The Hall–Kier alpha value is -0.260. The number of hydrogen-bond acceptors (Lipinski definition) is 0. The van der Waals surface area contributed by atoms with Gasteiger partial charge in [0.25, 0.3) is 0 Å². The van der Waals surface area contributed by atoms with Gasteiger partial charge >= 0.3 is 0 Å². The van der Waals surface area contributed by atoms with E-state index in [-0.39, 0.29) is 0 Å². The standard InChI is InChI=1S/C23H46/c1-6-7-8-9-10-13-16-19-23(22(4)5)20-17-14-11-12-15-18-21(2)3/h10,13,21-23H,6-9,11-12,14-20H2,1-5H3/b13-10+. The molecule has 0 heterocycles. The van der Waals surface area contributed by atoms with E-state index in [1.54, 1.807) is 0 Å². The highest BCUT2D eigenvalue weighted by atomic mass is 14.2. The summed E-state index contributed by atoms with van der Waals surface area (Å²) in [4.78, 5) is 0. The molecule has 0 aromatic rings. The fourth-order valence-electron chi connectivity index (χ4n) is 3.36. The van der Waals surface area contributed by atoms with E-state index in [0.717, 1.165) is 17.8 Å². The van der Waals surface area contributed by atoms with Crippen LogP contribution in [0.2, 0.25) is 0 Å². The number of unbranched alkanes of at least 4 members (excludes halogenated alkanes) is 7. The van der Waals surface area contributed by atoms with E-state index in [2.05, 4.69) is 46.8 Å². The maximum atomic E-state index is 2.44. The zero-order valence-electron chi connectivity index (χ0n) is 17.1.